The van der Waals surface area contributed by atoms with Gasteiger partial charge in [0.05, 0.1) is 38.7 Å². The topological polar surface area (TPSA) is 94.6 Å². The number of carbonyl (C=O) groups excluding carboxylic acids is 1. The third-order valence-corrected chi connectivity index (χ3v) is 5.52. The maximum absolute atomic E-state index is 12.5. The predicted molar refractivity (Wildman–Crippen MR) is 103 cm³/mol. The number of nitrogens with one attached hydrogen (secondary N) is 1. The van der Waals surface area contributed by atoms with Gasteiger partial charge in [-0.3, -0.25) is 4.79 Å². The van der Waals surface area contributed by atoms with Gasteiger partial charge in [-0.2, -0.15) is 0 Å². The number of amides is 1. The summed E-state index contributed by atoms with van der Waals surface area (Å²) < 4.78 is 12.6. The molecule has 1 atom stereocenters. The second-order valence-electron chi connectivity index (χ2n) is 7.40. The molecular formula is C20H27N6O3+. The number of unbranched alkanes of at least 4 members (excludes halogenated alkanes) is 1. The second kappa shape index (κ2) is 9.04. The van der Waals surface area contributed by atoms with Crippen molar-refractivity contribution in [2.24, 2.45) is 0 Å². The van der Waals surface area contributed by atoms with Crippen LogP contribution in [0.15, 0.2) is 45.6 Å². The van der Waals surface area contributed by atoms with Crippen LogP contribution in [0.4, 0.5) is 0 Å². The van der Waals surface area contributed by atoms with Crippen molar-refractivity contribution >= 4 is 5.91 Å². The summed E-state index contributed by atoms with van der Waals surface area (Å²) in [4.78, 5) is 15.8. The van der Waals surface area contributed by atoms with Gasteiger partial charge in [-0.25, -0.2) is 4.68 Å². The Morgan fingerprint density at radius 2 is 2.00 bits per heavy atom. The summed E-state index contributed by atoms with van der Waals surface area (Å²) in [6, 6.07) is 7.45. The molecule has 0 aliphatic carbocycles. The van der Waals surface area contributed by atoms with E-state index < -0.39 is 0 Å². The summed E-state index contributed by atoms with van der Waals surface area (Å²) in [5.41, 5.74) is 0. The second-order valence-corrected chi connectivity index (χ2v) is 7.40. The van der Waals surface area contributed by atoms with Gasteiger partial charge < -0.3 is 18.6 Å². The van der Waals surface area contributed by atoms with E-state index in [-0.39, 0.29) is 11.9 Å². The van der Waals surface area contributed by atoms with Crippen molar-refractivity contribution in [3.63, 3.8) is 0 Å². The number of furan rings is 2. The zero-order chi connectivity index (χ0) is 20.1. The van der Waals surface area contributed by atoms with Crippen LogP contribution in [0.1, 0.15) is 54.4 Å². The number of piperazine rings is 1. The molecule has 9 nitrogen and oxygen atoms in total. The fourth-order valence-corrected chi connectivity index (χ4v) is 3.95. The third-order valence-electron chi connectivity index (χ3n) is 5.52. The van der Waals surface area contributed by atoms with Crippen LogP contribution in [0.5, 0.6) is 0 Å². The van der Waals surface area contributed by atoms with Crippen molar-refractivity contribution in [2.75, 3.05) is 26.2 Å². The molecule has 3 aromatic rings. The largest absolute Gasteiger partial charge is 0.467 e. The number of carbonyl (C=O) groups is 1. The maximum atomic E-state index is 12.5. The van der Waals surface area contributed by atoms with Gasteiger partial charge in [0.1, 0.15) is 18.3 Å². The first-order chi connectivity index (χ1) is 14.3. The monoisotopic (exact) mass is 399 g/mol. The van der Waals surface area contributed by atoms with Crippen LogP contribution in [-0.4, -0.2) is 57.2 Å². The molecule has 4 heterocycles. The Labute approximate surface area is 169 Å². The Bertz CT molecular complexity index is 881. The van der Waals surface area contributed by atoms with Crippen molar-refractivity contribution in [3.8, 4) is 0 Å². The zero-order valence-electron chi connectivity index (χ0n) is 16.7. The minimum Gasteiger partial charge on any atom is -0.467 e. The van der Waals surface area contributed by atoms with E-state index in [2.05, 4.69) is 22.4 Å². The number of tetrazole rings is 1. The fraction of sp³-hybridized carbons (Fsp3) is 0.500. The van der Waals surface area contributed by atoms with E-state index in [4.69, 9.17) is 8.83 Å². The number of rotatable bonds is 8. The highest BCUT2D eigenvalue weighted by Crippen LogP contribution is 2.16. The smallest absolute Gasteiger partial charge is 0.289 e. The molecular weight excluding hydrogens is 372 g/mol. The SMILES string of the molecule is CCCC[C@H](c1nnnn1Cc1ccco1)[NH+]1CCN(C(=O)c2ccco2)CC1. The summed E-state index contributed by atoms with van der Waals surface area (Å²) >= 11 is 0. The summed E-state index contributed by atoms with van der Waals surface area (Å²) in [6.45, 7) is 5.81. The van der Waals surface area contributed by atoms with E-state index in [0.717, 1.165) is 43.9 Å². The molecule has 1 aliphatic rings. The molecule has 1 saturated heterocycles. The van der Waals surface area contributed by atoms with Gasteiger partial charge in [-0.05, 0) is 41.1 Å². The van der Waals surface area contributed by atoms with Gasteiger partial charge in [0.25, 0.3) is 5.91 Å². The van der Waals surface area contributed by atoms with Crippen molar-refractivity contribution in [2.45, 2.75) is 38.8 Å². The Morgan fingerprint density at radius 1 is 1.21 bits per heavy atom. The summed E-state index contributed by atoms with van der Waals surface area (Å²) in [5, 5.41) is 12.5. The predicted octanol–water partition coefficient (Wildman–Crippen LogP) is 1.18. The molecule has 4 rings (SSSR count). The number of aromatic nitrogens is 4. The van der Waals surface area contributed by atoms with Gasteiger partial charge >= 0.3 is 0 Å². The molecule has 1 fully saturated rings. The molecule has 0 aromatic carbocycles. The van der Waals surface area contributed by atoms with E-state index in [9.17, 15) is 4.79 Å². The highest BCUT2D eigenvalue weighted by atomic mass is 16.3. The van der Waals surface area contributed by atoms with Crippen LogP contribution in [0.3, 0.4) is 0 Å². The quantitative estimate of drug-likeness (QED) is 0.611. The van der Waals surface area contributed by atoms with Gasteiger partial charge in [0, 0.05) is 6.42 Å². The van der Waals surface area contributed by atoms with Crippen LogP contribution >= 0.6 is 0 Å². The fourth-order valence-electron chi connectivity index (χ4n) is 3.95. The van der Waals surface area contributed by atoms with E-state index in [0.29, 0.717) is 25.4 Å². The van der Waals surface area contributed by atoms with E-state index in [1.807, 2.05) is 21.7 Å². The molecule has 9 heteroatoms. The molecule has 154 valence electrons. The van der Waals surface area contributed by atoms with Crippen LogP contribution in [0, 0.1) is 0 Å². The van der Waals surface area contributed by atoms with Gasteiger partial charge in [0.15, 0.2) is 5.76 Å². The Morgan fingerprint density at radius 3 is 2.69 bits per heavy atom. The van der Waals surface area contributed by atoms with Gasteiger partial charge in [0.2, 0.25) is 5.82 Å². The minimum atomic E-state index is -0.0400. The maximum Gasteiger partial charge on any atom is 0.289 e. The summed E-state index contributed by atoms with van der Waals surface area (Å²) in [5.74, 6) is 2.08. The Kier molecular flexibility index (Phi) is 6.04. The number of hydrogen-bond acceptors (Lipinski definition) is 6. The number of quaternary nitrogens is 1. The molecule has 3 aromatic heterocycles. The molecule has 1 aliphatic heterocycles. The molecule has 1 amide bonds. The molecule has 0 bridgehead atoms. The molecule has 0 saturated carbocycles. The van der Waals surface area contributed by atoms with Crippen LogP contribution in [0.2, 0.25) is 0 Å². The molecule has 1 N–H and O–H groups in total. The van der Waals surface area contributed by atoms with Crippen LogP contribution in [-0.2, 0) is 6.54 Å². The van der Waals surface area contributed by atoms with E-state index >= 15 is 0 Å². The van der Waals surface area contributed by atoms with Crippen LogP contribution in [0.25, 0.3) is 0 Å². The van der Waals surface area contributed by atoms with Crippen LogP contribution < -0.4 is 4.90 Å². The molecule has 0 unspecified atom stereocenters. The lowest BCUT2D eigenvalue weighted by molar-refractivity contribution is -0.936. The molecule has 29 heavy (non-hydrogen) atoms. The van der Waals surface area contributed by atoms with Crippen molar-refractivity contribution in [1.29, 1.82) is 0 Å². The molecule has 0 spiro atoms. The van der Waals surface area contributed by atoms with Crippen molar-refractivity contribution in [3.05, 3.63) is 54.1 Å². The minimum absolute atomic E-state index is 0.0400. The van der Waals surface area contributed by atoms with E-state index in [1.54, 1.807) is 18.4 Å². The Balaban J connectivity index is 1.46. The highest BCUT2D eigenvalue weighted by Gasteiger charge is 2.34. The summed E-state index contributed by atoms with van der Waals surface area (Å²) in [7, 11) is 0. The lowest BCUT2D eigenvalue weighted by Gasteiger charge is -2.35. The standard InChI is InChI=1S/C20H26N6O3/c1-2-3-7-17(19-21-22-23-26(19)15-16-6-4-13-28-16)24-9-11-25(12-10-24)20(27)18-8-5-14-29-18/h4-6,8,13-14,17H,2-3,7,9-12,15H2,1H3/p+1/t17-/m1/s1. The Hall–Kier alpha value is -2.94. The first-order valence-electron chi connectivity index (χ1n) is 10.2. The average Bonchev–Trinajstić information content (AvgIpc) is 3.52. The van der Waals surface area contributed by atoms with Gasteiger partial charge in [-0.15, -0.1) is 5.10 Å². The van der Waals surface area contributed by atoms with Crippen molar-refractivity contribution < 1.29 is 18.5 Å². The number of hydrogen-bond donors (Lipinski definition) is 1. The average molecular weight is 399 g/mol. The zero-order valence-corrected chi connectivity index (χ0v) is 16.7. The third kappa shape index (κ3) is 4.40. The lowest BCUT2D eigenvalue weighted by Crippen LogP contribution is -3.15. The molecule has 0 radical (unpaired) electrons. The first kappa shape index (κ1) is 19.4. The number of nitrogens with zero attached hydrogens (tertiary/aromatic N) is 5. The lowest BCUT2D eigenvalue weighted by atomic mass is 10.1. The highest BCUT2D eigenvalue weighted by molar-refractivity contribution is 5.91. The summed E-state index contributed by atoms with van der Waals surface area (Å²) in [6.07, 6.45) is 6.43. The first-order valence-corrected chi connectivity index (χ1v) is 10.2. The van der Waals surface area contributed by atoms with Crippen molar-refractivity contribution in [1.82, 2.24) is 25.1 Å². The van der Waals surface area contributed by atoms with E-state index in [1.165, 1.54) is 11.2 Å². The normalized spacial score (nSPS) is 16.2. The van der Waals surface area contributed by atoms with Gasteiger partial charge in [-0.1, -0.05) is 13.3 Å².